The summed E-state index contributed by atoms with van der Waals surface area (Å²) in [5, 5.41) is 8.89. The lowest BCUT2D eigenvalue weighted by atomic mass is 10.0. The molecule has 0 saturated heterocycles. The maximum atomic E-state index is 12.5. The normalized spacial score (nSPS) is 10.3. The number of rotatable bonds is 5. The molecule has 2 rings (SSSR count). The Morgan fingerprint density at radius 3 is 2.83 bits per heavy atom. The summed E-state index contributed by atoms with van der Waals surface area (Å²) in [5.41, 5.74) is 4.33. The van der Waals surface area contributed by atoms with Crippen molar-refractivity contribution in [2.75, 3.05) is 19.5 Å². The van der Waals surface area contributed by atoms with Gasteiger partial charge in [-0.2, -0.15) is 5.26 Å². The van der Waals surface area contributed by atoms with Crippen molar-refractivity contribution in [3.63, 3.8) is 0 Å². The summed E-state index contributed by atoms with van der Waals surface area (Å²) in [5.74, 6) is -0.893. The smallest absolute Gasteiger partial charge is 0.330 e. The number of nitrogen functional groups attached to an aromatic ring is 1. The van der Waals surface area contributed by atoms with E-state index in [-0.39, 0.29) is 35.7 Å². The average molecular weight is 314 g/mol. The number of nitrogens with two attached hydrogens (primary N) is 1. The molecule has 23 heavy (non-hydrogen) atoms. The van der Waals surface area contributed by atoms with Crippen LogP contribution >= 0.6 is 0 Å². The maximum absolute atomic E-state index is 12.5. The van der Waals surface area contributed by atoms with Gasteiger partial charge in [0.2, 0.25) is 5.78 Å². The highest BCUT2D eigenvalue weighted by Crippen LogP contribution is 2.13. The highest BCUT2D eigenvalue weighted by molar-refractivity contribution is 6.11. The van der Waals surface area contributed by atoms with E-state index in [0.717, 1.165) is 4.57 Å². The zero-order chi connectivity index (χ0) is 17.0. The van der Waals surface area contributed by atoms with Crippen LogP contribution in [0, 0.1) is 11.3 Å². The molecule has 1 aromatic carbocycles. The monoisotopic (exact) mass is 314 g/mol. The minimum Gasteiger partial charge on any atom is -0.384 e. The fourth-order valence-corrected chi connectivity index (χ4v) is 2.09. The number of H-pyrrole nitrogens is 1. The molecule has 1 heterocycles. The predicted octanol–water partition coefficient (Wildman–Crippen LogP) is -0.132. The van der Waals surface area contributed by atoms with Gasteiger partial charge >= 0.3 is 5.69 Å². The lowest BCUT2D eigenvalue weighted by Crippen LogP contribution is -2.37. The van der Waals surface area contributed by atoms with Gasteiger partial charge in [-0.15, -0.1) is 0 Å². The predicted molar refractivity (Wildman–Crippen MR) is 82.2 cm³/mol. The van der Waals surface area contributed by atoms with Crippen molar-refractivity contribution in [3.8, 4) is 6.07 Å². The van der Waals surface area contributed by atoms with Crippen LogP contribution in [0.5, 0.6) is 0 Å². The number of carbonyl (C=O) groups excluding carboxylic acids is 1. The largest absolute Gasteiger partial charge is 0.384 e. The Morgan fingerprint density at radius 2 is 2.17 bits per heavy atom. The summed E-state index contributed by atoms with van der Waals surface area (Å²) in [6.45, 7) is 0.282. The van der Waals surface area contributed by atoms with Crippen molar-refractivity contribution >= 4 is 11.6 Å². The molecule has 0 aliphatic rings. The summed E-state index contributed by atoms with van der Waals surface area (Å²) in [6, 6.07) is 7.78. The molecular weight excluding hydrogens is 300 g/mol. The van der Waals surface area contributed by atoms with E-state index in [1.165, 1.54) is 31.4 Å². The third kappa shape index (κ3) is 3.20. The number of hydrogen-bond donors (Lipinski definition) is 2. The fraction of sp³-hybridized carbons (Fsp3) is 0.200. The van der Waals surface area contributed by atoms with Gasteiger partial charge in [-0.25, -0.2) is 4.79 Å². The van der Waals surface area contributed by atoms with E-state index in [9.17, 15) is 14.4 Å². The Bertz CT molecular complexity index is 905. The molecule has 0 unspecified atom stereocenters. The van der Waals surface area contributed by atoms with E-state index in [1.54, 1.807) is 0 Å². The lowest BCUT2D eigenvalue weighted by molar-refractivity contribution is 0.103. The molecule has 0 atom stereocenters. The van der Waals surface area contributed by atoms with Gasteiger partial charge < -0.3 is 10.5 Å². The number of benzene rings is 1. The summed E-state index contributed by atoms with van der Waals surface area (Å²) in [6.07, 6.45) is 0. The van der Waals surface area contributed by atoms with Crippen LogP contribution in [0.25, 0.3) is 0 Å². The number of methoxy groups -OCH3 is 1. The Labute approximate surface area is 130 Å². The molecular formula is C15H14N4O4. The first-order chi connectivity index (χ1) is 11.0. The number of ether oxygens (including phenoxy) is 1. The SMILES string of the molecule is COCCn1c(N)c(C(=O)c2cccc(C#N)c2)c(=O)[nH]c1=O. The second-order valence-electron chi connectivity index (χ2n) is 4.69. The van der Waals surface area contributed by atoms with Crippen molar-refractivity contribution in [2.24, 2.45) is 0 Å². The van der Waals surface area contributed by atoms with Crippen LogP contribution in [0.4, 0.5) is 5.82 Å². The summed E-state index contributed by atoms with van der Waals surface area (Å²) < 4.78 is 5.93. The number of ketones is 1. The second kappa shape index (κ2) is 6.72. The number of nitriles is 1. The first-order valence-electron chi connectivity index (χ1n) is 6.66. The average Bonchev–Trinajstić information content (AvgIpc) is 2.54. The molecule has 0 fully saturated rings. The molecule has 0 saturated carbocycles. The van der Waals surface area contributed by atoms with Crippen LogP contribution in [0.1, 0.15) is 21.5 Å². The third-order valence-electron chi connectivity index (χ3n) is 3.24. The molecule has 8 heteroatoms. The highest BCUT2D eigenvalue weighted by Gasteiger charge is 2.20. The van der Waals surface area contributed by atoms with Crippen molar-refractivity contribution in [3.05, 3.63) is 61.8 Å². The maximum Gasteiger partial charge on any atom is 0.330 e. The van der Waals surface area contributed by atoms with Gasteiger partial charge in [-0.1, -0.05) is 12.1 Å². The van der Waals surface area contributed by atoms with Crippen LogP contribution in [0.15, 0.2) is 33.9 Å². The Morgan fingerprint density at radius 1 is 1.43 bits per heavy atom. The first-order valence-corrected chi connectivity index (χ1v) is 6.66. The van der Waals surface area contributed by atoms with Gasteiger partial charge in [0, 0.05) is 12.7 Å². The zero-order valence-electron chi connectivity index (χ0n) is 12.3. The summed E-state index contributed by atoms with van der Waals surface area (Å²) in [4.78, 5) is 38.4. The fourth-order valence-electron chi connectivity index (χ4n) is 2.09. The number of nitrogens with one attached hydrogen (secondary N) is 1. The molecule has 0 aliphatic carbocycles. The van der Waals surface area contributed by atoms with Gasteiger partial charge in [0.05, 0.1) is 24.8 Å². The van der Waals surface area contributed by atoms with Gasteiger partial charge in [0.15, 0.2) is 0 Å². The molecule has 8 nitrogen and oxygen atoms in total. The van der Waals surface area contributed by atoms with Crippen LogP contribution in [-0.4, -0.2) is 29.1 Å². The molecule has 0 radical (unpaired) electrons. The van der Waals surface area contributed by atoms with Gasteiger partial charge in [-0.05, 0) is 12.1 Å². The second-order valence-corrected chi connectivity index (χ2v) is 4.69. The number of aromatic amines is 1. The lowest BCUT2D eigenvalue weighted by Gasteiger charge is -2.11. The zero-order valence-corrected chi connectivity index (χ0v) is 12.3. The molecule has 0 spiro atoms. The molecule has 2 aromatic rings. The summed E-state index contributed by atoms with van der Waals surface area (Å²) >= 11 is 0. The van der Waals surface area contributed by atoms with E-state index in [4.69, 9.17) is 15.7 Å². The van der Waals surface area contributed by atoms with Gasteiger partial charge in [0.1, 0.15) is 11.4 Å². The quantitative estimate of drug-likeness (QED) is 0.739. The van der Waals surface area contributed by atoms with E-state index >= 15 is 0 Å². The van der Waals surface area contributed by atoms with Crippen molar-refractivity contribution in [2.45, 2.75) is 6.54 Å². The molecule has 0 aliphatic heterocycles. The number of nitrogens with zero attached hydrogens (tertiary/aromatic N) is 2. The van der Waals surface area contributed by atoms with Crippen LogP contribution < -0.4 is 17.0 Å². The Hall–Kier alpha value is -3.18. The van der Waals surface area contributed by atoms with Crippen molar-refractivity contribution < 1.29 is 9.53 Å². The number of hydrogen-bond acceptors (Lipinski definition) is 6. The minimum atomic E-state index is -0.867. The van der Waals surface area contributed by atoms with Crippen molar-refractivity contribution in [1.29, 1.82) is 5.26 Å². The number of carbonyl (C=O) groups is 1. The standard InChI is InChI=1S/C15H14N4O4/c1-23-6-5-19-13(17)11(14(21)18-15(19)22)12(20)10-4-2-3-9(7-10)8-16/h2-4,7H,5-6,17H2,1H3,(H,18,21,22). The molecule has 0 amide bonds. The van der Waals surface area contributed by atoms with Gasteiger partial charge in [0.25, 0.3) is 5.56 Å². The van der Waals surface area contributed by atoms with E-state index < -0.39 is 17.0 Å². The molecule has 1 aromatic heterocycles. The molecule has 118 valence electrons. The minimum absolute atomic E-state index is 0.0937. The van der Waals surface area contributed by atoms with Crippen molar-refractivity contribution in [1.82, 2.24) is 9.55 Å². The topological polar surface area (TPSA) is 131 Å². The Balaban J connectivity index is 2.58. The molecule has 3 N–H and O–H groups in total. The van der Waals surface area contributed by atoms with Crippen LogP contribution in [0.3, 0.4) is 0 Å². The van der Waals surface area contributed by atoms with Gasteiger partial charge in [-0.3, -0.25) is 19.1 Å². The highest BCUT2D eigenvalue weighted by atomic mass is 16.5. The van der Waals surface area contributed by atoms with E-state index in [2.05, 4.69) is 4.98 Å². The molecule has 0 bridgehead atoms. The third-order valence-corrected chi connectivity index (χ3v) is 3.24. The van der Waals surface area contributed by atoms with E-state index in [0.29, 0.717) is 0 Å². The Kier molecular flexibility index (Phi) is 4.73. The summed E-state index contributed by atoms with van der Waals surface area (Å²) in [7, 11) is 1.45. The van der Waals surface area contributed by atoms with Crippen LogP contribution in [-0.2, 0) is 11.3 Å². The first kappa shape index (κ1) is 16.2. The van der Waals surface area contributed by atoms with E-state index in [1.807, 2.05) is 6.07 Å². The number of anilines is 1. The van der Waals surface area contributed by atoms with Crippen LogP contribution in [0.2, 0.25) is 0 Å². The number of aromatic nitrogens is 2.